The third-order valence-electron chi connectivity index (χ3n) is 16.3. The van der Waals surface area contributed by atoms with Gasteiger partial charge in [-0.3, -0.25) is 37.3 Å². The summed E-state index contributed by atoms with van der Waals surface area (Å²) in [6.45, 7) is 4.44. The van der Waals surface area contributed by atoms with Gasteiger partial charge in [-0.25, -0.2) is 9.13 Å². The Morgan fingerprint density at radius 1 is 0.279 bits per heavy atom. The number of unbranched alkanes of at least 4 members (excludes halogenated alkanes) is 24. The largest absolute Gasteiger partial charge is 0.472 e. The average Bonchev–Trinajstić information content (AvgIpc) is 0.911. The first kappa shape index (κ1) is 98.9. The SMILES string of the molecule is CC/C=C\C/C=C\C/C=C\C/C=C\CCCCCCCCC(=O)OCC(COP(=O)(O)OCC(O)COP(=O)(O)OCC(COC(=O)CCCCCCCCC/C=C\C/C=C\C/C=C\CC)OC(=O)CCCCCCC/C=C\CCCCCC)OC(=O)CCCC/C=C\C/C=C\C/C=C\C/C=C\CC. The number of phosphoric ester groups is 2. The van der Waals surface area contributed by atoms with E-state index in [1.165, 1.54) is 25.7 Å². The Hall–Kier alpha value is -5.06. The Bertz CT molecular complexity index is 2540. The van der Waals surface area contributed by atoms with Gasteiger partial charge in [0.2, 0.25) is 0 Å². The van der Waals surface area contributed by atoms with Crippen LogP contribution in [0.1, 0.15) is 310 Å². The number of aliphatic hydroxyl groups is 1. The van der Waals surface area contributed by atoms with Crippen molar-refractivity contribution in [2.45, 2.75) is 329 Å². The van der Waals surface area contributed by atoms with Crippen molar-refractivity contribution in [2.24, 2.45) is 0 Å². The van der Waals surface area contributed by atoms with Crippen molar-refractivity contribution < 1.29 is 80.2 Å². The zero-order valence-electron chi connectivity index (χ0n) is 64.9. The van der Waals surface area contributed by atoms with E-state index in [0.29, 0.717) is 32.1 Å². The first-order valence-electron chi connectivity index (χ1n) is 40.1. The van der Waals surface area contributed by atoms with Crippen LogP contribution in [0.25, 0.3) is 0 Å². The summed E-state index contributed by atoms with van der Waals surface area (Å²) in [7, 11) is -9.99. The number of hydrogen-bond acceptors (Lipinski definition) is 15. The summed E-state index contributed by atoms with van der Waals surface area (Å²) in [6.07, 6.45) is 86.8. The second kappa shape index (κ2) is 76.1. The van der Waals surface area contributed by atoms with Crippen molar-refractivity contribution in [3.05, 3.63) is 146 Å². The number of phosphoric acid groups is 2. The minimum Gasteiger partial charge on any atom is -0.462 e. The van der Waals surface area contributed by atoms with Crippen LogP contribution < -0.4 is 0 Å². The molecule has 0 amide bonds. The highest BCUT2D eigenvalue weighted by Crippen LogP contribution is 2.45. The van der Waals surface area contributed by atoms with Crippen molar-refractivity contribution in [2.75, 3.05) is 39.6 Å². The summed E-state index contributed by atoms with van der Waals surface area (Å²) < 4.78 is 68.6. The Morgan fingerprint density at radius 2 is 0.500 bits per heavy atom. The lowest BCUT2D eigenvalue weighted by atomic mass is 10.1. The topological polar surface area (TPSA) is 237 Å². The van der Waals surface area contributed by atoms with E-state index in [-0.39, 0.29) is 25.7 Å². The van der Waals surface area contributed by atoms with E-state index >= 15 is 0 Å². The molecule has 0 fully saturated rings. The van der Waals surface area contributed by atoms with E-state index in [9.17, 15) is 43.2 Å². The number of hydrogen-bond donors (Lipinski definition) is 3. The molecule has 0 aromatic carbocycles. The fourth-order valence-electron chi connectivity index (χ4n) is 10.3. The standard InChI is InChI=1S/C85H142O17P2/c1-5-9-13-17-21-25-29-33-36-38-39-41-44-47-50-54-58-62-66-70-83(88)96-76-81(102-85(90)72-68-64-60-56-52-48-42-35-31-27-23-19-15-11-7-3)78-100-104(93,94)98-74-79(86)73-97-103(91,92)99-77-80(101-84(89)71-67-63-59-55-51-45-32-28-24-20-16-12-8-4)75-95-82(87)69-65-61-57-53-49-46-43-40-37-34-30-26-22-18-14-10-6-2/h9-11,13-15,21-23,25-28,32-37,39,41-42,52,56,79-81,86H,5-8,12,16-20,24,29-31,38,40,43-51,53-55,57-78H2,1-4H3,(H,91,92)(H,93,94)/b13-9-,14-10-,15-11-,25-21-,26-22-,27-23-,32-28-,36-33-,37-34-,41-39-,42-35-,56-52-. The molecule has 594 valence electrons. The van der Waals surface area contributed by atoms with Crippen LogP contribution in [0.5, 0.6) is 0 Å². The second-order valence-electron chi connectivity index (χ2n) is 26.2. The van der Waals surface area contributed by atoms with Crippen molar-refractivity contribution in [3.63, 3.8) is 0 Å². The number of carbonyl (C=O) groups excluding carboxylic acids is 4. The molecular formula is C85H142O17P2. The number of aliphatic hydroxyl groups excluding tert-OH is 1. The van der Waals surface area contributed by atoms with Gasteiger partial charge in [-0.05, 0) is 161 Å². The second-order valence-corrected chi connectivity index (χ2v) is 29.1. The van der Waals surface area contributed by atoms with E-state index in [0.717, 1.165) is 199 Å². The number of allylic oxidation sites excluding steroid dienone is 24. The summed E-state index contributed by atoms with van der Waals surface area (Å²) in [4.78, 5) is 73.0. The molecule has 0 aromatic rings. The molecule has 0 rings (SSSR count). The number of rotatable bonds is 74. The van der Waals surface area contributed by atoms with Gasteiger partial charge in [-0.15, -0.1) is 0 Å². The number of esters is 4. The minimum atomic E-state index is -5.00. The molecule has 0 aliphatic carbocycles. The lowest BCUT2D eigenvalue weighted by Gasteiger charge is -2.21. The monoisotopic (exact) mass is 1500 g/mol. The predicted octanol–water partition coefficient (Wildman–Crippen LogP) is 23.4. The molecule has 0 aliphatic heterocycles. The average molecular weight is 1500 g/mol. The lowest BCUT2D eigenvalue weighted by Crippen LogP contribution is -2.30. The molecule has 0 saturated heterocycles. The molecule has 0 saturated carbocycles. The normalized spacial score (nSPS) is 14.6. The van der Waals surface area contributed by atoms with E-state index in [2.05, 4.69) is 174 Å². The van der Waals surface area contributed by atoms with Crippen LogP contribution in [-0.4, -0.2) is 96.7 Å². The molecule has 0 bridgehead atoms. The predicted molar refractivity (Wildman–Crippen MR) is 427 cm³/mol. The van der Waals surface area contributed by atoms with Gasteiger partial charge in [0.05, 0.1) is 26.4 Å². The summed E-state index contributed by atoms with van der Waals surface area (Å²) >= 11 is 0. The van der Waals surface area contributed by atoms with E-state index in [1.54, 1.807) is 0 Å². The Morgan fingerprint density at radius 3 is 0.798 bits per heavy atom. The highest BCUT2D eigenvalue weighted by atomic mass is 31.2. The molecule has 3 N–H and O–H groups in total. The van der Waals surface area contributed by atoms with Gasteiger partial charge in [-0.1, -0.05) is 270 Å². The summed E-state index contributed by atoms with van der Waals surface area (Å²) in [5.74, 6) is -2.26. The molecule has 19 heteroatoms. The quantitative estimate of drug-likeness (QED) is 0.0169. The molecule has 5 unspecified atom stereocenters. The van der Waals surface area contributed by atoms with Gasteiger partial charge >= 0.3 is 39.5 Å². The maximum absolute atomic E-state index is 13.1. The Kier molecular flexibility index (Phi) is 72.4. The van der Waals surface area contributed by atoms with Gasteiger partial charge in [0.15, 0.2) is 12.2 Å². The fourth-order valence-corrected chi connectivity index (χ4v) is 11.8. The van der Waals surface area contributed by atoms with Crippen LogP contribution >= 0.6 is 15.6 Å². The third-order valence-corrected chi connectivity index (χ3v) is 18.2. The maximum atomic E-state index is 13.1. The van der Waals surface area contributed by atoms with Gasteiger partial charge in [0.25, 0.3) is 0 Å². The van der Waals surface area contributed by atoms with Crippen LogP contribution in [0.2, 0.25) is 0 Å². The Balaban J connectivity index is 5.40. The zero-order chi connectivity index (χ0) is 76.0. The molecule has 0 heterocycles. The minimum absolute atomic E-state index is 0.0351. The van der Waals surface area contributed by atoms with Gasteiger partial charge in [0, 0.05) is 25.7 Å². The van der Waals surface area contributed by atoms with Crippen molar-refractivity contribution >= 4 is 39.5 Å². The van der Waals surface area contributed by atoms with Crippen molar-refractivity contribution in [1.82, 2.24) is 0 Å². The van der Waals surface area contributed by atoms with E-state index in [1.807, 2.05) is 0 Å². The van der Waals surface area contributed by atoms with Crippen LogP contribution in [0.4, 0.5) is 0 Å². The highest BCUT2D eigenvalue weighted by molar-refractivity contribution is 7.47. The van der Waals surface area contributed by atoms with Gasteiger partial charge in [-0.2, -0.15) is 0 Å². The smallest absolute Gasteiger partial charge is 0.462 e. The number of ether oxygens (including phenoxy) is 4. The highest BCUT2D eigenvalue weighted by Gasteiger charge is 2.30. The third kappa shape index (κ3) is 75.2. The fraction of sp³-hybridized carbons (Fsp3) is 0.671. The van der Waals surface area contributed by atoms with Crippen LogP contribution in [0, 0.1) is 0 Å². The number of carbonyl (C=O) groups is 4. The molecule has 5 atom stereocenters. The molecule has 0 aliphatic rings. The van der Waals surface area contributed by atoms with Gasteiger partial charge < -0.3 is 33.8 Å². The molecule has 104 heavy (non-hydrogen) atoms. The maximum Gasteiger partial charge on any atom is 0.472 e. The zero-order valence-corrected chi connectivity index (χ0v) is 66.7. The van der Waals surface area contributed by atoms with Crippen LogP contribution in [0.3, 0.4) is 0 Å². The van der Waals surface area contributed by atoms with Crippen LogP contribution in [0.15, 0.2) is 146 Å². The summed E-state index contributed by atoms with van der Waals surface area (Å²) in [6, 6.07) is 0. The van der Waals surface area contributed by atoms with Crippen LogP contribution in [-0.2, 0) is 65.4 Å². The molecular weight excluding hydrogens is 1350 g/mol. The van der Waals surface area contributed by atoms with Crippen molar-refractivity contribution in [1.29, 1.82) is 0 Å². The lowest BCUT2D eigenvalue weighted by molar-refractivity contribution is -0.161. The van der Waals surface area contributed by atoms with Gasteiger partial charge in [0.1, 0.15) is 19.3 Å². The molecule has 17 nitrogen and oxygen atoms in total. The first-order chi connectivity index (χ1) is 50.7. The summed E-state index contributed by atoms with van der Waals surface area (Å²) in [5, 5.41) is 10.6. The Labute approximate surface area is 630 Å². The first-order valence-corrected chi connectivity index (χ1v) is 43.1. The van der Waals surface area contributed by atoms with E-state index in [4.69, 9.17) is 37.0 Å². The summed E-state index contributed by atoms with van der Waals surface area (Å²) in [5.41, 5.74) is 0. The molecule has 0 aromatic heterocycles. The van der Waals surface area contributed by atoms with E-state index < -0.39 is 97.5 Å². The van der Waals surface area contributed by atoms with Crippen molar-refractivity contribution in [3.8, 4) is 0 Å². The molecule has 0 radical (unpaired) electrons. The molecule has 0 spiro atoms.